The summed E-state index contributed by atoms with van der Waals surface area (Å²) < 4.78 is 39.1. The smallest absolute Gasteiger partial charge is 0.334 e. The lowest BCUT2D eigenvalue weighted by Gasteiger charge is -2.35. The number of ether oxygens (including phenoxy) is 2. The third-order valence-electron chi connectivity index (χ3n) is 4.51. The minimum Gasteiger partial charge on any atom is -0.497 e. The molecule has 1 unspecified atom stereocenters. The molecule has 0 aliphatic carbocycles. The average molecular weight is 391 g/mol. The molecule has 2 atom stereocenters. The molecule has 0 bridgehead atoms. The molecule has 1 saturated heterocycles. The van der Waals surface area contributed by atoms with E-state index in [2.05, 4.69) is 0 Å². The quantitative estimate of drug-likeness (QED) is 0.867. The van der Waals surface area contributed by atoms with Crippen LogP contribution in [0.4, 0.5) is 8.78 Å². The van der Waals surface area contributed by atoms with Crippen LogP contribution in [0.15, 0.2) is 36.4 Å². The zero-order valence-corrected chi connectivity index (χ0v) is 15.3. The monoisotopic (exact) mass is 391 g/mol. The Bertz CT molecular complexity index is 917. The Morgan fingerprint density at radius 2 is 1.89 bits per heavy atom. The van der Waals surface area contributed by atoms with Crippen LogP contribution in [-0.4, -0.2) is 54.3 Å². The number of halogens is 2. The van der Waals surface area contributed by atoms with E-state index >= 15 is 0 Å². The first-order chi connectivity index (χ1) is 13.3. The number of amides is 1. The van der Waals surface area contributed by atoms with E-state index in [1.807, 2.05) is 0 Å². The second kappa shape index (κ2) is 7.93. The highest BCUT2D eigenvalue weighted by molar-refractivity contribution is 5.95. The lowest BCUT2D eigenvalue weighted by atomic mass is 10.0. The Kier molecular flexibility index (Phi) is 5.60. The van der Waals surface area contributed by atoms with Gasteiger partial charge in [-0.25, -0.2) is 13.6 Å². The van der Waals surface area contributed by atoms with Crippen molar-refractivity contribution in [1.29, 1.82) is 0 Å². The molecule has 1 aliphatic rings. The fourth-order valence-electron chi connectivity index (χ4n) is 3.14. The Labute approximate surface area is 160 Å². The number of morpholine rings is 1. The standard InChI is InChI=1S/C20H19F2NO5/c1-11-9-23(10-18(28-11)20(25)26)19(24)15-5-3-12(7-16(15)21)14-6-4-13(27-2)8-17(14)22/h3-8,11,18H,9-10H2,1-2H3,(H,25,26)/t11-,18?/m1/s1. The highest BCUT2D eigenvalue weighted by Crippen LogP contribution is 2.28. The summed E-state index contributed by atoms with van der Waals surface area (Å²) in [6, 6.07) is 8.00. The van der Waals surface area contributed by atoms with Gasteiger partial charge in [0.25, 0.3) is 5.91 Å². The van der Waals surface area contributed by atoms with Crippen LogP contribution >= 0.6 is 0 Å². The molecule has 0 spiro atoms. The molecule has 1 aliphatic heterocycles. The summed E-state index contributed by atoms with van der Waals surface area (Å²) in [5.41, 5.74) is 0.230. The summed E-state index contributed by atoms with van der Waals surface area (Å²) in [6.45, 7) is 1.62. The van der Waals surface area contributed by atoms with Gasteiger partial charge < -0.3 is 19.5 Å². The van der Waals surface area contributed by atoms with Crippen LogP contribution in [0.5, 0.6) is 5.75 Å². The maximum Gasteiger partial charge on any atom is 0.334 e. The largest absolute Gasteiger partial charge is 0.497 e. The fraction of sp³-hybridized carbons (Fsp3) is 0.300. The summed E-state index contributed by atoms with van der Waals surface area (Å²) in [4.78, 5) is 25.1. The number of nitrogens with zero attached hydrogens (tertiary/aromatic N) is 1. The summed E-state index contributed by atoms with van der Waals surface area (Å²) >= 11 is 0. The van der Waals surface area contributed by atoms with Crippen LogP contribution in [0.25, 0.3) is 11.1 Å². The molecular formula is C20H19F2NO5. The van der Waals surface area contributed by atoms with Gasteiger partial charge in [-0.15, -0.1) is 0 Å². The molecule has 1 fully saturated rings. The van der Waals surface area contributed by atoms with Gasteiger partial charge in [0.15, 0.2) is 6.10 Å². The van der Waals surface area contributed by atoms with E-state index in [4.69, 9.17) is 14.6 Å². The van der Waals surface area contributed by atoms with Crippen molar-refractivity contribution in [3.8, 4) is 16.9 Å². The molecule has 1 N–H and O–H groups in total. The van der Waals surface area contributed by atoms with E-state index in [0.29, 0.717) is 5.75 Å². The van der Waals surface area contributed by atoms with Gasteiger partial charge in [0.05, 0.1) is 25.3 Å². The Morgan fingerprint density at radius 1 is 1.14 bits per heavy atom. The number of carboxylic acid groups (broad SMARTS) is 1. The summed E-state index contributed by atoms with van der Waals surface area (Å²) in [5, 5.41) is 9.13. The second-order valence-corrected chi connectivity index (χ2v) is 6.52. The Hall–Kier alpha value is -3.00. The molecule has 148 valence electrons. The molecule has 28 heavy (non-hydrogen) atoms. The highest BCUT2D eigenvalue weighted by Gasteiger charge is 2.33. The minimum absolute atomic E-state index is 0.150. The number of carbonyl (C=O) groups excluding carboxylic acids is 1. The molecule has 3 rings (SSSR count). The van der Waals surface area contributed by atoms with Crippen LogP contribution in [-0.2, 0) is 9.53 Å². The van der Waals surface area contributed by atoms with Crippen LogP contribution in [0.2, 0.25) is 0 Å². The molecule has 0 radical (unpaired) electrons. The van der Waals surface area contributed by atoms with Gasteiger partial charge in [0.2, 0.25) is 0 Å². The molecule has 1 heterocycles. The van der Waals surface area contributed by atoms with Crippen molar-refractivity contribution in [3.63, 3.8) is 0 Å². The highest BCUT2D eigenvalue weighted by atomic mass is 19.1. The summed E-state index contributed by atoms with van der Waals surface area (Å²) in [5.74, 6) is -2.88. The van der Waals surface area contributed by atoms with Gasteiger partial charge in [-0.05, 0) is 36.8 Å². The first-order valence-corrected chi connectivity index (χ1v) is 8.61. The first kappa shape index (κ1) is 19.8. The van der Waals surface area contributed by atoms with Crippen LogP contribution in [0, 0.1) is 11.6 Å². The number of methoxy groups -OCH3 is 1. The van der Waals surface area contributed by atoms with E-state index in [1.54, 1.807) is 13.0 Å². The number of carbonyl (C=O) groups is 2. The van der Waals surface area contributed by atoms with Crippen molar-refractivity contribution in [1.82, 2.24) is 4.90 Å². The van der Waals surface area contributed by atoms with Gasteiger partial charge in [-0.1, -0.05) is 6.07 Å². The van der Waals surface area contributed by atoms with Gasteiger partial charge in [0.1, 0.15) is 17.4 Å². The molecule has 2 aromatic rings. The molecule has 6 nitrogen and oxygen atoms in total. The van der Waals surface area contributed by atoms with Crippen LogP contribution < -0.4 is 4.74 Å². The van der Waals surface area contributed by atoms with Gasteiger partial charge in [0, 0.05) is 18.2 Å². The molecule has 0 saturated carbocycles. The normalized spacial score (nSPS) is 19.4. The topological polar surface area (TPSA) is 76.1 Å². The van der Waals surface area contributed by atoms with E-state index in [9.17, 15) is 18.4 Å². The fourth-order valence-corrected chi connectivity index (χ4v) is 3.14. The average Bonchev–Trinajstić information content (AvgIpc) is 2.66. The van der Waals surface area contributed by atoms with Crippen molar-refractivity contribution >= 4 is 11.9 Å². The van der Waals surface area contributed by atoms with Crippen LogP contribution in [0.1, 0.15) is 17.3 Å². The first-order valence-electron chi connectivity index (χ1n) is 8.61. The summed E-state index contributed by atoms with van der Waals surface area (Å²) in [6.07, 6.45) is -1.65. The predicted molar refractivity (Wildman–Crippen MR) is 96.2 cm³/mol. The second-order valence-electron chi connectivity index (χ2n) is 6.52. The molecule has 8 heteroatoms. The van der Waals surface area contributed by atoms with Gasteiger partial charge in [-0.3, -0.25) is 4.79 Å². The molecular weight excluding hydrogens is 372 g/mol. The van der Waals surface area contributed by atoms with Crippen molar-refractivity contribution in [2.24, 2.45) is 0 Å². The van der Waals surface area contributed by atoms with Gasteiger partial charge >= 0.3 is 5.97 Å². The number of carboxylic acids is 1. The van der Waals surface area contributed by atoms with E-state index in [-0.39, 0.29) is 29.8 Å². The van der Waals surface area contributed by atoms with Crippen molar-refractivity contribution in [2.45, 2.75) is 19.1 Å². The van der Waals surface area contributed by atoms with Crippen LogP contribution in [0.3, 0.4) is 0 Å². The van der Waals surface area contributed by atoms with E-state index in [0.717, 1.165) is 6.07 Å². The zero-order chi connectivity index (χ0) is 20.4. The minimum atomic E-state index is -1.19. The number of benzene rings is 2. The molecule has 1 amide bonds. The predicted octanol–water partition coefficient (Wildman–Crippen LogP) is 2.95. The third kappa shape index (κ3) is 3.96. The number of aliphatic carboxylic acids is 1. The van der Waals surface area contributed by atoms with Crippen molar-refractivity contribution < 1.29 is 33.0 Å². The maximum atomic E-state index is 14.6. The molecule has 0 aromatic heterocycles. The number of hydrogen-bond acceptors (Lipinski definition) is 4. The van der Waals surface area contributed by atoms with Crippen molar-refractivity contribution in [3.05, 3.63) is 53.6 Å². The van der Waals surface area contributed by atoms with E-state index in [1.165, 1.54) is 36.3 Å². The maximum absolute atomic E-state index is 14.6. The van der Waals surface area contributed by atoms with E-state index < -0.39 is 35.7 Å². The number of rotatable bonds is 4. The Balaban J connectivity index is 1.86. The lowest BCUT2D eigenvalue weighted by Crippen LogP contribution is -2.51. The number of hydrogen-bond donors (Lipinski definition) is 1. The SMILES string of the molecule is COc1ccc(-c2ccc(C(=O)N3CC(C(=O)O)O[C@H](C)C3)c(F)c2)c(F)c1. The third-order valence-corrected chi connectivity index (χ3v) is 4.51. The zero-order valence-electron chi connectivity index (χ0n) is 15.3. The summed E-state index contributed by atoms with van der Waals surface area (Å²) in [7, 11) is 1.41. The van der Waals surface area contributed by atoms with Gasteiger partial charge in [-0.2, -0.15) is 0 Å². The molecule has 2 aromatic carbocycles. The Morgan fingerprint density at radius 3 is 2.50 bits per heavy atom. The van der Waals surface area contributed by atoms with Crippen molar-refractivity contribution in [2.75, 3.05) is 20.2 Å². The lowest BCUT2D eigenvalue weighted by molar-refractivity contribution is -0.160.